The number of rotatable bonds is 9. The number of carbonyl (C=O) groups is 3. The predicted molar refractivity (Wildman–Crippen MR) is 147 cm³/mol. The second-order valence-electron chi connectivity index (χ2n) is 10.2. The van der Waals surface area contributed by atoms with E-state index in [0.29, 0.717) is 5.69 Å². The molecule has 1 heterocycles. The van der Waals surface area contributed by atoms with Gasteiger partial charge < -0.3 is 30.1 Å². The normalized spacial score (nSPS) is 15.2. The van der Waals surface area contributed by atoms with E-state index in [1.165, 1.54) is 33.5 Å². The minimum Gasteiger partial charge on any atom is -0.445 e. The summed E-state index contributed by atoms with van der Waals surface area (Å²) in [5.74, 6) is -0.485. The number of hydrogen-bond acceptors (Lipinski definition) is 8. The maximum absolute atomic E-state index is 13.1. The Morgan fingerprint density at radius 2 is 1.60 bits per heavy atom. The van der Waals surface area contributed by atoms with Crippen LogP contribution in [0.4, 0.5) is 15.3 Å². The van der Waals surface area contributed by atoms with Gasteiger partial charge in [0.1, 0.15) is 12.2 Å². The first kappa shape index (κ1) is 30.9. The molecule has 2 aromatic carbocycles. The van der Waals surface area contributed by atoms with Gasteiger partial charge in [-0.15, -0.1) is 0 Å². The number of piperazine rings is 1. The molecule has 0 aliphatic carbocycles. The van der Waals surface area contributed by atoms with Crippen molar-refractivity contribution in [2.75, 3.05) is 38.1 Å². The molecule has 13 heteroatoms. The molecule has 12 nitrogen and oxygen atoms in total. The molecule has 1 saturated heterocycles. The Morgan fingerprint density at radius 3 is 2.17 bits per heavy atom. The van der Waals surface area contributed by atoms with Crippen LogP contribution >= 0.6 is 0 Å². The maximum Gasteiger partial charge on any atom is 0.410 e. The van der Waals surface area contributed by atoms with Crippen LogP contribution in [0.2, 0.25) is 0 Å². The number of nitrogens with one attached hydrogen (secondary N) is 2. The Kier molecular flexibility index (Phi) is 10.5. The molecule has 2 aromatic rings. The summed E-state index contributed by atoms with van der Waals surface area (Å²) in [4.78, 5) is 38.2. The number of hydrogen-bond donors (Lipinski definition) is 3. The number of nitrogens with zero attached hydrogens (tertiary/aromatic N) is 2. The third kappa shape index (κ3) is 9.21. The lowest BCUT2D eigenvalue weighted by molar-refractivity contribution is -0.116. The van der Waals surface area contributed by atoms with Gasteiger partial charge in [0.2, 0.25) is 15.9 Å². The highest BCUT2D eigenvalue weighted by molar-refractivity contribution is 7.89. The molecule has 0 bridgehead atoms. The zero-order valence-electron chi connectivity index (χ0n) is 22.8. The van der Waals surface area contributed by atoms with Gasteiger partial charge in [0.25, 0.3) is 0 Å². The molecular formula is C27H36N4O8S. The average Bonchev–Trinajstić information content (AvgIpc) is 2.91. The van der Waals surface area contributed by atoms with Crippen LogP contribution < -0.4 is 10.6 Å². The second kappa shape index (κ2) is 13.6. The Balaban J connectivity index is 1.49. The van der Waals surface area contributed by atoms with Crippen molar-refractivity contribution in [3.8, 4) is 0 Å². The first-order valence-corrected chi connectivity index (χ1v) is 14.3. The van der Waals surface area contributed by atoms with Crippen molar-refractivity contribution >= 4 is 33.8 Å². The molecule has 1 aliphatic heterocycles. The minimum absolute atomic E-state index is 0.0467. The van der Waals surface area contributed by atoms with E-state index in [0.717, 1.165) is 5.56 Å². The zero-order chi connectivity index (χ0) is 29.3. The van der Waals surface area contributed by atoms with Crippen molar-refractivity contribution < 1.29 is 37.4 Å². The number of benzene rings is 2. The van der Waals surface area contributed by atoms with Gasteiger partial charge in [0.15, 0.2) is 0 Å². The summed E-state index contributed by atoms with van der Waals surface area (Å²) >= 11 is 0. The van der Waals surface area contributed by atoms with Crippen LogP contribution in [0.5, 0.6) is 0 Å². The minimum atomic E-state index is -3.82. The molecule has 3 N–H and O–H groups in total. The van der Waals surface area contributed by atoms with Crippen LogP contribution in [-0.2, 0) is 30.9 Å². The van der Waals surface area contributed by atoms with Crippen molar-refractivity contribution in [1.82, 2.24) is 14.5 Å². The molecule has 0 aromatic heterocycles. The van der Waals surface area contributed by atoms with E-state index >= 15 is 0 Å². The molecule has 1 aliphatic rings. The maximum atomic E-state index is 13.1. The van der Waals surface area contributed by atoms with Crippen LogP contribution in [0.3, 0.4) is 0 Å². The van der Waals surface area contributed by atoms with E-state index in [1.807, 2.05) is 30.3 Å². The van der Waals surface area contributed by atoms with Gasteiger partial charge in [0.05, 0.1) is 17.5 Å². The Hall–Kier alpha value is -3.68. The summed E-state index contributed by atoms with van der Waals surface area (Å²) in [7, 11) is -3.82. The fraction of sp³-hybridized carbons (Fsp3) is 0.444. The van der Waals surface area contributed by atoms with Crippen LogP contribution in [0.15, 0.2) is 59.5 Å². The van der Waals surface area contributed by atoms with E-state index in [2.05, 4.69) is 10.6 Å². The number of anilines is 1. The number of alkyl carbamates (subject to hydrolysis) is 1. The van der Waals surface area contributed by atoms with E-state index in [4.69, 9.17) is 9.47 Å². The van der Waals surface area contributed by atoms with Crippen molar-refractivity contribution in [3.63, 3.8) is 0 Å². The van der Waals surface area contributed by atoms with E-state index in [-0.39, 0.29) is 44.1 Å². The van der Waals surface area contributed by atoms with Gasteiger partial charge in [-0.25, -0.2) is 18.0 Å². The molecule has 0 spiro atoms. The molecule has 0 radical (unpaired) electrons. The topological polar surface area (TPSA) is 155 Å². The predicted octanol–water partition coefficient (Wildman–Crippen LogP) is 2.54. The van der Waals surface area contributed by atoms with Crippen molar-refractivity contribution in [3.05, 3.63) is 60.2 Å². The molecule has 0 saturated carbocycles. The largest absolute Gasteiger partial charge is 0.445 e. The van der Waals surface area contributed by atoms with Gasteiger partial charge in [-0.05, 0) is 50.6 Å². The summed E-state index contributed by atoms with van der Waals surface area (Å²) in [6.45, 7) is 5.39. The van der Waals surface area contributed by atoms with Crippen molar-refractivity contribution in [1.29, 1.82) is 0 Å². The van der Waals surface area contributed by atoms with E-state index in [1.54, 1.807) is 20.8 Å². The molecular weight excluding hydrogens is 540 g/mol. The summed E-state index contributed by atoms with van der Waals surface area (Å²) < 4.78 is 38.0. The van der Waals surface area contributed by atoms with Gasteiger partial charge in [-0.3, -0.25) is 4.79 Å². The lowest BCUT2D eigenvalue weighted by Crippen LogP contribution is -2.50. The van der Waals surface area contributed by atoms with Crippen LogP contribution in [-0.4, -0.2) is 85.3 Å². The average molecular weight is 577 g/mol. The number of ether oxygens (including phenoxy) is 2. The highest BCUT2D eigenvalue weighted by atomic mass is 32.2. The van der Waals surface area contributed by atoms with E-state index in [9.17, 15) is 27.9 Å². The molecule has 1 fully saturated rings. The Labute approximate surface area is 234 Å². The van der Waals surface area contributed by atoms with Gasteiger partial charge in [-0.1, -0.05) is 30.3 Å². The van der Waals surface area contributed by atoms with Gasteiger partial charge >= 0.3 is 12.2 Å². The van der Waals surface area contributed by atoms with E-state index < -0.39 is 46.4 Å². The lowest BCUT2D eigenvalue weighted by atomic mass is 10.2. The number of aliphatic hydroxyl groups is 1. The number of aliphatic hydroxyl groups excluding tert-OH is 1. The van der Waals surface area contributed by atoms with Crippen LogP contribution in [0, 0.1) is 0 Å². The highest BCUT2D eigenvalue weighted by Crippen LogP contribution is 2.20. The first-order chi connectivity index (χ1) is 18.9. The smallest absolute Gasteiger partial charge is 0.410 e. The summed E-state index contributed by atoms with van der Waals surface area (Å²) in [5.41, 5.74) is 0.488. The molecule has 0 unspecified atom stereocenters. The SMILES string of the molecule is CC(C)(C)OC(=O)N[C@@H](CO)CC(=O)Nc1ccc(S(=O)(=O)N2CCN(C(=O)OCc3ccccc3)CC2)cc1. The number of amides is 3. The van der Waals surface area contributed by atoms with Crippen LogP contribution in [0.1, 0.15) is 32.8 Å². The third-order valence-electron chi connectivity index (χ3n) is 5.85. The molecule has 3 amide bonds. The summed E-state index contributed by atoms with van der Waals surface area (Å²) in [6, 6.07) is 14.1. The van der Waals surface area contributed by atoms with Crippen molar-refractivity contribution in [2.45, 2.75) is 50.3 Å². The fourth-order valence-electron chi connectivity index (χ4n) is 3.85. The zero-order valence-corrected chi connectivity index (χ0v) is 23.6. The molecule has 1 atom stereocenters. The second-order valence-corrected chi connectivity index (χ2v) is 12.2. The number of carbonyl (C=O) groups excluding carboxylic acids is 3. The number of sulfonamides is 1. The molecule has 40 heavy (non-hydrogen) atoms. The summed E-state index contributed by atoms with van der Waals surface area (Å²) in [6.07, 6.45) is -1.46. The lowest BCUT2D eigenvalue weighted by Gasteiger charge is -2.33. The monoisotopic (exact) mass is 576 g/mol. The highest BCUT2D eigenvalue weighted by Gasteiger charge is 2.31. The summed E-state index contributed by atoms with van der Waals surface area (Å²) in [5, 5.41) is 14.6. The Morgan fingerprint density at radius 1 is 0.975 bits per heavy atom. The standard InChI is InChI=1S/C27H36N4O8S/c1-27(2,3)39-25(34)29-22(18-32)17-24(33)28-21-9-11-23(12-10-21)40(36,37)31-15-13-30(14-16-31)26(35)38-19-20-7-5-4-6-8-20/h4-12,22,32H,13-19H2,1-3H3,(H,28,33)(H,29,34)/t22-/m1/s1. The Bertz CT molecular complexity index is 1260. The van der Waals surface area contributed by atoms with Gasteiger partial charge in [0, 0.05) is 38.3 Å². The fourth-order valence-corrected chi connectivity index (χ4v) is 5.27. The first-order valence-electron chi connectivity index (χ1n) is 12.8. The van der Waals surface area contributed by atoms with Crippen molar-refractivity contribution in [2.24, 2.45) is 0 Å². The quantitative estimate of drug-likeness (QED) is 0.412. The third-order valence-corrected chi connectivity index (χ3v) is 7.76. The molecule has 218 valence electrons. The molecule has 3 rings (SSSR count). The van der Waals surface area contributed by atoms with Crippen LogP contribution in [0.25, 0.3) is 0 Å². The van der Waals surface area contributed by atoms with Gasteiger partial charge in [-0.2, -0.15) is 4.31 Å².